The predicted molar refractivity (Wildman–Crippen MR) is 67.6 cm³/mol. The summed E-state index contributed by atoms with van der Waals surface area (Å²) in [5, 5.41) is 0.421. The van der Waals surface area contributed by atoms with Crippen LogP contribution in [0.5, 0.6) is 0 Å². The summed E-state index contributed by atoms with van der Waals surface area (Å²) >= 11 is 5.92. The van der Waals surface area contributed by atoms with Crippen molar-refractivity contribution in [1.82, 2.24) is 4.90 Å². The molecule has 0 radical (unpaired) electrons. The zero-order chi connectivity index (χ0) is 14.6. The molecule has 7 heteroatoms. The second-order valence-electron chi connectivity index (χ2n) is 4.22. The smallest absolute Gasteiger partial charge is 0.389 e. The quantitative estimate of drug-likeness (QED) is 0.867. The molecule has 0 saturated heterocycles. The first kappa shape index (κ1) is 15.6. The first-order chi connectivity index (χ1) is 8.69. The molecule has 0 unspecified atom stereocenters. The molecule has 1 rings (SSSR count). The minimum Gasteiger partial charge on any atom is -0.399 e. The van der Waals surface area contributed by atoms with E-state index < -0.39 is 24.9 Å². The SMILES string of the molecule is CN(Cc1cc(N)ccc1Cl)C(=O)CCC(F)(F)F. The maximum atomic E-state index is 12.0. The molecule has 0 spiro atoms. The van der Waals surface area contributed by atoms with Gasteiger partial charge in [-0.2, -0.15) is 13.2 Å². The molecule has 19 heavy (non-hydrogen) atoms. The molecule has 0 bridgehead atoms. The van der Waals surface area contributed by atoms with Crippen molar-refractivity contribution in [2.24, 2.45) is 0 Å². The molecular weight excluding hydrogens is 281 g/mol. The van der Waals surface area contributed by atoms with E-state index in [1.807, 2.05) is 0 Å². The molecule has 106 valence electrons. The minimum atomic E-state index is -4.33. The van der Waals surface area contributed by atoms with Crippen molar-refractivity contribution in [1.29, 1.82) is 0 Å². The van der Waals surface area contributed by atoms with Gasteiger partial charge in [0.05, 0.1) is 6.42 Å². The number of hydrogen-bond donors (Lipinski definition) is 1. The van der Waals surface area contributed by atoms with Crippen LogP contribution in [0.3, 0.4) is 0 Å². The number of carbonyl (C=O) groups is 1. The Morgan fingerprint density at radius 3 is 2.63 bits per heavy atom. The van der Waals surface area contributed by atoms with E-state index in [0.717, 1.165) is 0 Å². The molecule has 0 atom stereocenters. The van der Waals surface area contributed by atoms with Gasteiger partial charge in [-0.1, -0.05) is 11.6 Å². The Balaban J connectivity index is 2.61. The lowest BCUT2D eigenvalue weighted by atomic mass is 10.2. The lowest BCUT2D eigenvalue weighted by molar-refractivity contribution is -0.148. The number of alkyl halides is 3. The first-order valence-electron chi connectivity index (χ1n) is 5.53. The Bertz CT molecular complexity index is 463. The number of amides is 1. The Morgan fingerprint density at radius 2 is 2.05 bits per heavy atom. The minimum absolute atomic E-state index is 0.126. The summed E-state index contributed by atoms with van der Waals surface area (Å²) in [4.78, 5) is 12.7. The van der Waals surface area contributed by atoms with Crippen molar-refractivity contribution in [3.05, 3.63) is 28.8 Å². The van der Waals surface area contributed by atoms with Crippen molar-refractivity contribution < 1.29 is 18.0 Å². The number of anilines is 1. The lowest BCUT2D eigenvalue weighted by Gasteiger charge is -2.18. The van der Waals surface area contributed by atoms with Gasteiger partial charge in [0.15, 0.2) is 0 Å². The Morgan fingerprint density at radius 1 is 1.42 bits per heavy atom. The number of benzene rings is 1. The van der Waals surface area contributed by atoms with Crippen LogP contribution in [0.1, 0.15) is 18.4 Å². The molecular formula is C12H14ClF3N2O. The van der Waals surface area contributed by atoms with Gasteiger partial charge >= 0.3 is 6.18 Å². The van der Waals surface area contributed by atoms with Gasteiger partial charge in [0.1, 0.15) is 0 Å². The Kier molecular flexibility index (Phi) is 5.05. The van der Waals surface area contributed by atoms with Crippen molar-refractivity contribution >= 4 is 23.2 Å². The fourth-order valence-electron chi connectivity index (χ4n) is 1.50. The highest BCUT2D eigenvalue weighted by Gasteiger charge is 2.28. The number of nitrogen functional groups attached to an aromatic ring is 1. The summed E-state index contributed by atoms with van der Waals surface area (Å²) in [5.74, 6) is -0.587. The van der Waals surface area contributed by atoms with E-state index in [1.165, 1.54) is 11.9 Å². The van der Waals surface area contributed by atoms with E-state index in [4.69, 9.17) is 17.3 Å². The summed E-state index contributed by atoms with van der Waals surface area (Å²) in [5.41, 5.74) is 6.67. The first-order valence-corrected chi connectivity index (χ1v) is 5.91. The van der Waals surface area contributed by atoms with Crippen molar-refractivity contribution in [2.45, 2.75) is 25.6 Å². The van der Waals surface area contributed by atoms with Crippen molar-refractivity contribution in [2.75, 3.05) is 12.8 Å². The number of nitrogens with zero attached hydrogens (tertiary/aromatic N) is 1. The fraction of sp³-hybridized carbons (Fsp3) is 0.417. The third-order valence-corrected chi connectivity index (χ3v) is 2.89. The standard InChI is InChI=1S/C12H14ClF3N2O/c1-18(11(19)4-5-12(14,15)16)7-8-6-9(17)2-3-10(8)13/h2-3,6H,4-5,7,17H2,1H3. The molecule has 0 aliphatic rings. The van der Waals surface area contributed by atoms with Gasteiger partial charge in [-0.3, -0.25) is 4.79 Å². The maximum absolute atomic E-state index is 12.0. The normalized spacial score (nSPS) is 11.4. The average Bonchev–Trinajstić information content (AvgIpc) is 2.29. The Hall–Kier alpha value is -1.43. The second-order valence-corrected chi connectivity index (χ2v) is 4.62. The topological polar surface area (TPSA) is 46.3 Å². The van der Waals surface area contributed by atoms with Crippen LogP contribution in [-0.4, -0.2) is 24.0 Å². The Labute approximate surface area is 114 Å². The molecule has 0 heterocycles. The zero-order valence-electron chi connectivity index (χ0n) is 10.3. The van der Waals surface area contributed by atoms with Gasteiger partial charge in [0.25, 0.3) is 0 Å². The fourth-order valence-corrected chi connectivity index (χ4v) is 1.68. The molecule has 1 aromatic carbocycles. The van der Waals surface area contributed by atoms with E-state index in [0.29, 0.717) is 16.3 Å². The molecule has 2 N–H and O–H groups in total. The molecule has 0 fully saturated rings. The van der Waals surface area contributed by atoms with Gasteiger partial charge in [-0.25, -0.2) is 0 Å². The highest BCUT2D eigenvalue weighted by molar-refractivity contribution is 6.31. The van der Waals surface area contributed by atoms with Gasteiger partial charge in [-0.15, -0.1) is 0 Å². The summed E-state index contributed by atoms with van der Waals surface area (Å²) in [6, 6.07) is 4.79. The molecule has 0 aromatic heterocycles. The van der Waals surface area contributed by atoms with Crippen LogP contribution in [-0.2, 0) is 11.3 Å². The summed E-state index contributed by atoms with van der Waals surface area (Å²) in [6.07, 6.45) is -6.02. The van der Waals surface area contributed by atoms with Crippen LogP contribution in [0, 0.1) is 0 Å². The highest BCUT2D eigenvalue weighted by Crippen LogP contribution is 2.23. The number of rotatable bonds is 4. The van der Waals surface area contributed by atoms with Gasteiger partial charge in [0, 0.05) is 30.7 Å². The van der Waals surface area contributed by atoms with E-state index in [2.05, 4.69) is 0 Å². The summed E-state index contributed by atoms with van der Waals surface area (Å²) in [6.45, 7) is 0.126. The average molecular weight is 295 g/mol. The van der Waals surface area contributed by atoms with Gasteiger partial charge in [-0.05, 0) is 23.8 Å². The second kappa shape index (κ2) is 6.14. The molecule has 3 nitrogen and oxygen atoms in total. The number of halogens is 4. The van der Waals surface area contributed by atoms with E-state index in [9.17, 15) is 18.0 Å². The third kappa shape index (κ3) is 5.38. The zero-order valence-corrected chi connectivity index (χ0v) is 11.1. The maximum Gasteiger partial charge on any atom is 0.389 e. The van der Waals surface area contributed by atoms with E-state index in [1.54, 1.807) is 18.2 Å². The largest absolute Gasteiger partial charge is 0.399 e. The molecule has 1 amide bonds. The van der Waals surface area contributed by atoms with Gasteiger partial charge < -0.3 is 10.6 Å². The number of nitrogens with two attached hydrogens (primary N) is 1. The molecule has 1 aromatic rings. The van der Waals surface area contributed by atoms with Crippen LogP contribution in [0.25, 0.3) is 0 Å². The van der Waals surface area contributed by atoms with E-state index in [-0.39, 0.29) is 6.54 Å². The van der Waals surface area contributed by atoms with Crippen LogP contribution in [0.4, 0.5) is 18.9 Å². The molecule has 0 saturated carbocycles. The molecule has 0 aliphatic carbocycles. The van der Waals surface area contributed by atoms with Crippen molar-refractivity contribution in [3.8, 4) is 0 Å². The number of hydrogen-bond acceptors (Lipinski definition) is 2. The van der Waals surface area contributed by atoms with Crippen LogP contribution >= 0.6 is 11.6 Å². The number of carbonyl (C=O) groups excluding carboxylic acids is 1. The predicted octanol–water partition coefficient (Wildman–Crippen LogP) is 3.22. The third-order valence-electron chi connectivity index (χ3n) is 2.53. The van der Waals surface area contributed by atoms with Gasteiger partial charge in [0.2, 0.25) is 5.91 Å². The molecule has 0 aliphatic heterocycles. The monoisotopic (exact) mass is 294 g/mol. The summed E-state index contributed by atoms with van der Waals surface area (Å²) in [7, 11) is 1.43. The van der Waals surface area contributed by atoms with E-state index >= 15 is 0 Å². The van der Waals surface area contributed by atoms with Crippen LogP contribution in [0.15, 0.2) is 18.2 Å². The summed E-state index contributed by atoms with van der Waals surface area (Å²) < 4.78 is 36.0. The van der Waals surface area contributed by atoms with Crippen molar-refractivity contribution in [3.63, 3.8) is 0 Å². The van der Waals surface area contributed by atoms with Crippen LogP contribution in [0.2, 0.25) is 5.02 Å². The van der Waals surface area contributed by atoms with Crippen LogP contribution < -0.4 is 5.73 Å². The highest BCUT2D eigenvalue weighted by atomic mass is 35.5. The lowest BCUT2D eigenvalue weighted by Crippen LogP contribution is -2.27.